The van der Waals surface area contributed by atoms with Crippen LogP contribution < -0.4 is 10.5 Å². The molecule has 2 aliphatic rings. The average molecular weight is 313 g/mol. The van der Waals surface area contributed by atoms with Gasteiger partial charge in [-0.3, -0.25) is 0 Å². The molecular formula is C19H23NOS. The van der Waals surface area contributed by atoms with E-state index in [1.54, 1.807) is 7.11 Å². The standard InChI is InChI=1S/C19H23NOS/c1-18-7-8-19(2,11-18)16(13(18)10-20)15-9-12-5-4-6-14(21-3)17(12)22-15/h4-6,9H,7-8,10-11,20H2,1-3H3. The van der Waals surface area contributed by atoms with Crippen molar-refractivity contribution in [3.63, 3.8) is 0 Å². The Balaban J connectivity index is 1.95. The van der Waals surface area contributed by atoms with Gasteiger partial charge in [0, 0.05) is 11.4 Å². The fraction of sp³-hybridized carbons (Fsp3) is 0.474. The Hall–Kier alpha value is -1.32. The van der Waals surface area contributed by atoms with E-state index in [2.05, 4.69) is 32.0 Å². The molecule has 0 radical (unpaired) electrons. The molecule has 1 aromatic heterocycles. The highest BCUT2D eigenvalue weighted by atomic mass is 32.1. The summed E-state index contributed by atoms with van der Waals surface area (Å²) in [5.74, 6) is 0.975. The number of methoxy groups -OCH3 is 1. The van der Waals surface area contributed by atoms with E-state index < -0.39 is 0 Å². The van der Waals surface area contributed by atoms with Crippen LogP contribution in [0.15, 0.2) is 29.8 Å². The van der Waals surface area contributed by atoms with Crippen molar-refractivity contribution in [2.24, 2.45) is 16.6 Å². The SMILES string of the molecule is COc1cccc2cc(C3=C(CN)C4(C)CCC3(C)C4)sc12. The summed E-state index contributed by atoms with van der Waals surface area (Å²) in [4.78, 5) is 1.39. The molecule has 2 nitrogen and oxygen atoms in total. The summed E-state index contributed by atoms with van der Waals surface area (Å²) >= 11 is 1.86. The predicted molar refractivity (Wildman–Crippen MR) is 94.4 cm³/mol. The fourth-order valence-electron chi connectivity index (χ4n) is 4.84. The third-order valence-electron chi connectivity index (χ3n) is 5.82. The molecule has 0 aliphatic heterocycles. The summed E-state index contributed by atoms with van der Waals surface area (Å²) in [7, 11) is 1.75. The number of fused-ring (bicyclic) bond motifs is 3. The molecule has 22 heavy (non-hydrogen) atoms. The van der Waals surface area contributed by atoms with Crippen LogP contribution in [0.2, 0.25) is 0 Å². The second kappa shape index (κ2) is 4.59. The van der Waals surface area contributed by atoms with E-state index in [-0.39, 0.29) is 0 Å². The zero-order valence-corrected chi connectivity index (χ0v) is 14.3. The smallest absolute Gasteiger partial charge is 0.136 e. The first-order valence-electron chi connectivity index (χ1n) is 8.02. The minimum Gasteiger partial charge on any atom is -0.495 e. The highest BCUT2D eigenvalue weighted by Gasteiger charge is 2.54. The maximum Gasteiger partial charge on any atom is 0.136 e. The van der Waals surface area contributed by atoms with Crippen LogP contribution in [-0.2, 0) is 0 Å². The normalized spacial score (nSPS) is 30.5. The van der Waals surface area contributed by atoms with Crippen LogP contribution in [0.25, 0.3) is 15.7 Å². The van der Waals surface area contributed by atoms with Gasteiger partial charge in [-0.1, -0.05) is 26.0 Å². The van der Waals surface area contributed by atoms with Crippen molar-refractivity contribution >= 4 is 27.0 Å². The monoisotopic (exact) mass is 313 g/mol. The van der Waals surface area contributed by atoms with Crippen molar-refractivity contribution in [2.45, 2.75) is 33.1 Å². The van der Waals surface area contributed by atoms with Gasteiger partial charge in [0.05, 0.1) is 11.8 Å². The molecule has 2 N–H and O–H groups in total. The van der Waals surface area contributed by atoms with Crippen molar-refractivity contribution in [3.8, 4) is 5.75 Å². The van der Waals surface area contributed by atoms with E-state index in [1.165, 1.54) is 45.4 Å². The molecule has 1 saturated carbocycles. The van der Waals surface area contributed by atoms with Gasteiger partial charge in [-0.25, -0.2) is 0 Å². The van der Waals surface area contributed by atoms with E-state index in [0.29, 0.717) is 17.4 Å². The Labute approximate surface area is 136 Å². The highest BCUT2D eigenvalue weighted by Crippen LogP contribution is 2.67. The van der Waals surface area contributed by atoms with Crippen molar-refractivity contribution in [2.75, 3.05) is 13.7 Å². The quantitative estimate of drug-likeness (QED) is 0.880. The van der Waals surface area contributed by atoms with E-state index >= 15 is 0 Å². The topological polar surface area (TPSA) is 35.2 Å². The average Bonchev–Trinajstić information content (AvgIpc) is 3.11. The second-order valence-corrected chi connectivity index (χ2v) is 8.40. The van der Waals surface area contributed by atoms with Crippen molar-refractivity contribution in [1.29, 1.82) is 0 Å². The number of allylic oxidation sites excluding steroid dienone is 1. The number of rotatable bonds is 3. The lowest BCUT2D eigenvalue weighted by Gasteiger charge is -2.29. The van der Waals surface area contributed by atoms with E-state index in [9.17, 15) is 0 Å². The third kappa shape index (κ3) is 1.76. The van der Waals surface area contributed by atoms with Gasteiger partial charge in [-0.15, -0.1) is 11.3 Å². The molecule has 2 unspecified atom stereocenters. The summed E-state index contributed by atoms with van der Waals surface area (Å²) < 4.78 is 6.78. The van der Waals surface area contributed by atoms with Crippen LogP contribution in [0.3, 0.4) is 0 Å². The molecular weight excluding hydrogens is 290 g/mol. The number of ether oxygens (including phenoxy) is 1. The zero-order valence-electron chi connectivity index (χ0n) is 13.5. The lowest BCUT2D eigenvalue weighted by Crippen LogP contribution is -2.21. The van der Waals surface area contributed by atoms with Crippen LogP contribution in [0.5, 0.6) is 5.75 Å². The predicted octanol–water partition coefficient (Wildman–Crippen LogP) is 4.83. The molecule has 0 amide bonds. The molecule has 3 heteroatoms. The molecule has 1 aromatic carbocycles. The summed E-state index contributed by atoms with van der Waals surface area (Å²) in [6, 6.07) is 8.63. The zero-order chi connectivity index (χ0) is 15.5. The maximum atomic E-state index is 6.16. The van der Waals surface area contributed by atoms with Crippen molar-refractivity contribution in [1.82, 2.24) is 0 Å². The summed E-state index contributed by atoms with van der Waals surface area (Å²) in [5, 5.41) is 1.28. The number of hydrogen-bond acceptors (Lipinski definition) is 3. The first-order chi connectivity index (χ1) is 10.5. The highest BCUT2D eigenvalue weighted by molar-refractivity contribution is 7.20. The van der Waals surface area contributed by atoms with Gasteiger partial charge in [-0.05, 0) is 58.8 Å². The molecule has 4 rings (SSSR count). The van der Waals surface area contributed by atoms with Gasteiger partial charge in [0.2, 0.25) is 0 Å². The Kier molecular flexibility index (Phi) is 2.98. The lowest BCUT2D eigenvalue weighted by atomic mass is 9.77. The molecule has 0 saturated heterocycles. The molecule has 2 atom stereocenters. The molecule has 116 valence electrons. The Morgan fingerprint density at radius 2 is 2.00 bits per heavy atom. The Bertz CT molecular complexity index is 790. The summed E-state index contributed by atoms with van der Waals surface area (Å²) in [6.45, 7) is 5.52. The number of hydrogen-bond donors (Lipinski definition) is 1. The third-order valence-corrected chi connectivity index (χ3v) is 7.00. The molecule has 1 fully saturated rings. The Morgan fingerprint density at radius 1 is 1.23 bits per heavy atom. The van der Waals surface area contributed by atoms with E-state index in [0.717, 1.165) is 5.75 Å². The first-order valence-corrected chi connectivity index (χ1v) is 8.83. The molecule has 2 bridgehead atoms. The van der Waals surface area contributed by atoms with Crippen LogP contribution in [-0.4, -0.2) is 13.7 Å². The van der Waals surface area contributed by atoms with Gasteiger partial charge in [0.15, 0.2) is 0 Å². The first kappa shape index (κ1) is 14.3. The summed E-state index contributed by atoms with van der Waals surface area (Å²) in [5.41, 5.74) is 9.81. The molecule has 2 aromatic rings. The van der Waals surface area contributed by atoms with Crippen LogP contribution in [0, 0.1) is 10.8 Å². The molecule has 2 aliphatic carbocycles. The lowest BCUT2D eigenvalue weighted by molar-refractivity contribution is 0.399. The number of benzene rings is 1. The van der Waals surface area contributed by atoms with Crippen molar-refractivity contribution < 1.29 is 4.74 Å². The van der Waals surface area contributed by atoms with Gasteiger partial charge in [0.25, 0.3) is 0 Å². The van der Waals surface area contributed by atoms with Gasteiger partial charge in [-0.2, -0.15) is 0 Å². The maximum absolute atomic E-state index is 6.16. The molecule has 0 spiro atoms. The van der Waals surface area contributed by atoms with Crippen LogP contribution in [0.4, 0.5) is 0 Å². The largest absolute Gasteiger partial charge is 0.495 e. The summed E-state index contributed by atoms with van der Waals surface area (Å²) in [6.07, 6.45) is 3.83. The van der Waals surface area contributed by atoms with Crippen LogP contribution in [0.1, 0.15) is 38.0 Å². The minimum atomic E-state index is 0.303. The second-order valence-electron chi connectivity index (χ2n) is 7.35. The van der Waals surface area contributed by atoms with Crippen molar-refractivity contribution in [3.05, 3.63) is 34.7 Å². The van der Waals surface area contributed by atoms with Crippen LogP contribution >= 0.6 is 11.3 Å². The number of thiophene rings is 1. The Morgan fingerprint density at radius 3 is 2.73 bits per heavy atom. The van der Waals surface area contributed by atoms with E-state index in [1.807, 2.05) is 17.4 Å². The van der Waals surface area contributed by atoms with Gasteiger partial charge in [0.1, 0.15) is 5.75 Å². The van der Waals surface area contributed by atoms with Gasteiger partial charge >= 0.3 is 0 Å². The minimum absolute atomic E-state index is 0.303. The van der Waals surface area contributed by atoms with E-state index in [4.69, 9.17) is 10.5 Å². The molecule has 1 heterocycles. The number of nitrogens with two attached hydrogens (primary N) is 1. The fourth-order valence-corrected chi connectivity index (χ4v) is 6.22. The van der Waals surface area contributed by atoms with Gasteiger partial charge < -0.3 is 10.5 Å².